The molecule has 5 heteroatoms. The smallest absolute Gasteiger partial charge is 0.323 e. The Morgan fingerprint density at radius 3 is 2.60 bits per heavy atom. The largest absolute Gasteiger partial charge is 0.495 e. The van der Waals surface area contributed by atoms with Gasteiger partial charge in [0, 0.05) is 32.6 Å². The molecule has 1 aromatic carbocycles. The third-order valence-corrected chi connectivity index (χ3v) is 4.09. The summed E-state index contributed by atoms with van der Waals surface area (Å²) in [6.45, 7) is 4.15. The molecule has 2 heterocycles. The van der Waals surface area contributed by atoms with E-state index in [1.807, 2.05) is 18.2 Å². The lowest BCUT2D eigenvalue weighted by molar-refractivity contribution is -0.142. The highest BCUT2D eigenvalue weighted by atomic mass is 16.5. The van der Waals surface area contributed by atoms with E-state index in [0.29, 0.717) is 6.61 Å². The Hall–Kier alpha value is -1.75. The van der Waals surface area contributed by atoms with Gasteiger partial charge in [-0.3, -0.25) is 9.69 Å². The van der Waals surface area contributed by atoms with E-state index in [4.69, 9.17) is 9.47 Å². The molecule has 0 unspecified atom stereocenters. The maximum atomic E-state index is 11.6. The summed E-state index contributed by atoms with van der Waals surface area (Å²) >= 11 is 0. The number of carbonyl (C=O) groups excluding carboxylic acids is 1. The van der Waals surface area contributed by atoms with Crippen LogP contribution in [-0.2, 0) is 9.53 Å². The molecule has 1 atom stereocenters. The summed E-state index contributed by atoms with van der Waals surface area (Å²) in [6.07, 6.45) is 0.827. The van der Waals surface area contributed by atoms with Crippen molar-refractivity contribution in [2.45, 2.75) is 12.5 Å². The van der Waals surface area contributed by atoms with Gasteiger partial charge < -0.3 is 14.4 Å². The zero-order valence-corrected chi connectivity index (χ0v) is 11.7. The van der Waals surface area contributed by atoms with Crippen LogP contribution in [0.1, 0.15) is 6.42 Å². The highest BCUT2D eigenvalue weighted by molar-refractivity contribution is 5.77. The van der Waals surface area contributed by atoms with Gasteiger partial charge in [0.15, 0.2) is 0 Å². The number of hydrogen-bond acceptors (Lipinski definition) is 5. The Labute approximate surface area is 119 Å². The number of piperazine rings is 1. The van der Waals surface area contributed by atoms with Crippen LogP contribution in [0.25, 0.3) is 0 Å². The van der Waals surface area contributed by atoms with Crippen LogP contribution in [-0.4, -0.2) is 56.8 Å². The second kappa shape index (κ2) is 5.71. The molecule has 5 nitrogen and oxygen atoms in total. The molecule has 0 spiro atoms. The number of benzene rings is 1. The van der Waals surface area contributed by atoms with Gasteiger partial charge in [-0.15, -0.1) is 0 Å². The monoisotopic (exact) mass is 276 g/mol. The van der Waals surface area contributed by atoms with Crippen molar-refractivity contribution in [2.24, 2.45) is 0 Å². The second-order valence-corrected chi connectivity index (χ2v) is 5.17. The van der Waals surface area contributed by atoms with Crippen molar-refractivity contribution >= 4 is 11.7 Å². The maximum Gasteiger partial charge on any atom is 0.323 e. The Morgan fingerprint density at radius 1 is 1.20 bits per heavy atom. The Morgan fingerprint density at radius 2 is 1.95 bits per heavy atom. The van der Waals surface area contributed by atoms with Crippen molar-refractivity contribution in [3.63, 3.8) is 0 Å². The van der Waals surface area contributed by atoms with E-state index in [-0.39, 0.29) is 12.0 Å². The minimum Gasteiger partial charge on any atom is -0.495 e. The number of nitrogens with zero attached hydrogens (tertiary/aromatic N) is 2. The zero-order chi connectivity index (χ0) is 13.9. The average molecular weight is 276 g/mol. The maximum absolute atomic E-state index is 11.6. The van der Waals surface area contributed by atoms with Gasteiger partial charge >= 0.3 is 5.97 Å². The fourth-order valence-corrected chi connectivity index (χ4v) is 2.98. The highest BCUT2D eigenvalue weighted by Crippen LogP contribution is 2.29. The molecule has 0 aliphatic carbocycles. The molecule has 0 N–H and O–H groups in total. The number of hydrogen-bond donors (Lipinski definition) is 0. The molecule has 20 heavy (non-hydrogen) atoms. The molecule has 108 valence electrons. The number of para-hydroxylation sites is 2. The van der Waals surface area contributed by atoms with Crippen LogP contribution >= 0.6 is 0 Å². The van der Waals surface area contributed by atoms with E-state index in [2.05, 4.69) is 15.9 Å². The summed E-state index contributed by atoms with van der Waals surface area (Å²) in [5.74, 6) is 0.844. The molecular formula is C15H20N2O3. The molecule has 1 aromatic rings. The molecule has 0 amide bonds. The third kappa shape index (κ3) is 2.45. The quantitative estimate of drug-likeness (QED) is 0.774. The van der Waals surface area contributed by atoms with Crippen LogP contribution in [0.5, 0.6) is 5.75 Å². The lowest BCUT2D eigenvalue weighted by Gasteiger charge is -2.38. The van der Waals surface area contributed by atoms with Gasteiger partial charge in [-0.25, -0.2) is 0 Å². The Kier molecular flexibility index (Phi) is 3.78. The van der Waals surface area contributed by atoms with Crippen LogP contribution in [0.3, 0.4) is 0 Å². The molecule has 0 radical (unpaired) electrons. The van der Waals surface area contributed by atoms with E-state index in [1.54, 1.807) is 7.11 Å². The molecule has 2 aliphatic rings. The normalized spacial score (nSPS) is 23.8. The van der Waals surface area contributed by atoms with Crippen molar-refractivity contribution in [3.05, 3.63) is 24.3 Å². The number of carbonyl (C=O) groups is 1. The predicted octanol–water partition coefficient (Wildman–Crippen LogP) is 1.13. The summed E-state index contributed by atoms with van der Waals surface area (Å²) in [7, 11) is 1.70. The van der Waals surface area contributed by atoms with Crippen LogP contribution in [0.4, 0.5) is 5.69 Å². The lowest BCUT2D eigenvalue weighted by Crippen LogP contribution is -2.51. The molecular weight excluding hydrogens is 256 g/mol. The molecule has 0 saturated carbocycles. The highest BCUT2D eigenvalue weighted by Gasteiger charge is 2.34. The van der Waals surface area contributed by atoms with Crippen molar-refractivity contribution < 1.29 is 14.3 Å². The first-order chi connectivity index (χ1) is 9.79. The van der Waals surface area contributed by atoms with E-state index >= 15 is 0 Å². The SMILES string of the molecule is COc1ccccc1N1CCN([C@H]2CCOC2=O)CC1. The first-order valence-corrected chi connectivity index (χ1v) is 7.08. The lowest BCUT2D eigenvalue weighted by atomic mass is 10.1. The van der Waals surface area contributed by atoms with Gasteiger partial charge in [0.2, 0.25) is 0 Å². The Balaban J connectivity index is 1.65. The van der Waals surface area contributed by atoms with Crippen LogP contribution in [0.15, 0.2) is 24.3 Å². The first kappa shape index (κ1) is 13.2. The second-order valence-electron chi connectivity index (χ2n) is 5.17. The van der Waals surface area contributed by atoms with Gasteiger partial charge in [-0.2, -0.15) is 0 Å². The summed E-state index contributed by atoms with van der Waals surface area (Å²) in [4.78, 5) is 16.2. The topological polar surface area (TPSA) is 42.0 Å². The minimum absolute atomic E-state index is 0.0326. The van der Waals surface area contributed by atoms with Crippen LogP contribution in [0.2, 0.25) is 0 Å². The summed E-state index contributed by atoms with van der Waals surface area (Å²) in [6, 6.07) is 8.04. The predicted molar refractivity (Wildman–Crippen MR) is 76.1 cm³/mol. The first-order valence-electron chi connectivity index (χ1n) is 7.08. The van der Waals surface area contributed by atoms with Crippen molar-refractivity contribution in [3.8, 4) is 5.75 Å². The van der Waals surface area contributed by atoms with Gasteiger partial charge in [-0.1, -0.05) is 12.1 Å². The van der Waals surface area contributed by atoms with Gasteiger partial charge in [-0.05, 0) is 12.1 Å². The minimum atomic E-state index is -0.0595. The standard InChI is InChI=1S/C15H20N2O3/c1-19-14-5-3-2-4-12(14)16-7-9-17(10-8-16)13-6-11-20-15(13)18/h2-5,13H,6-11H2,1H3/t13-/m0/s1. The molecule has 3 rings (SSSR count). The average Bonchev–Trinajstić information content (AvgIpc) is 2.93. The van der Waals surface area contributed by atoms with E-state index in [0.717, 1.165) is 44.0 Å². The molecule has 2 fully saturated rings. The van der Waals surface area contributed by atoms with E-state index in [1.165, 1.54) is 0 Å². The number of cyclic esters (lactones) is 1. The summed E-state index contributed by atoms with van der Waals surface area (Å²) in [5, 5.41) is 0. The number of esters is 1. The summed E-state index contributed by atoms with van der Waals surface area (Å²) in [5.41, 5.74) is 1.13. The third-order valence-electron chi connectivity index (χ3n) is 4.09. The van der Waals surface area contributed by atoms with Gasteiger partial charge in [0.05, 0.1) is 19.4 Å². The number of anilines is 1. The number of ether oxygens (including phenoxy) is 2. The zero-order valence-electron chi connectivity index (χ0n) is 11.7. The van der Waals surface area contributed by atoms with Gasteiger partial charge in [0.25, 0.3) is 0 Å². The van der Waals surface area contributed by atoms with Gasteiger partial charge in [0.1, 0.15) is 11.8 Å². The van der Waals surface area contributed by atoms with E-state index in [9.17, 15) is 4.79 Å². The molecule has 0 bridgehead atoms. The van der Waals surface area contributed by atoms with Crippen molar-refractivity contribution in [2.75, 3.05) is 44.8 Å². The molecule has 2 saturated heterocycles. The number of methoxy groups -OCH3 is 1. The molecule has 0 aromatic heterocycles. The Bertz CT molecular complexity index is 484. The van der Waals surface area contributed by atoms with Crippen molar-refractivity contribution in [1.29, 1.82) is 0 Å². The van der Waals surface area contributed by atoms with Crippen LogP contribution in [0, 0.1) is 0 Å². The fraction of sp³-hybridized carbons (Fsp3) is 0.533. The fourth-order valence-electron chi connectivity index (χ4n) is 2.98. The summed E-state index contributed by atoms with van der Waals surface area (Å²) < 4.78 is 10.5. The molecule has 2 aliphatic heterocycles. The van der Waals surface area contributed by atoms with Crippen molar-refractivity contribution in [1.82, 2.24) is 4.90 Å². The number of rotatable bonds is 3. The van der Waals surface area contributed by atoms with Crippen LogP contribution < -0.4 is 9.64 Å². The van der Waals surface area contributed by atoms with E-state index < -0.39 is 0 Å².